The van der Waals surface area contributed by atoms with Gasteiger partial charge >= 0.3 is 0 Å². The van der Waals surface area contributed by atoms with Gasteiger partial charge in [-0.1, -0.05) is 44.2 Å². The van der Waals surface area contributed by atoms with Crippen LogP contribution in [-0.2, 0) is 13.0 Å². The van der Waals surface area contributed by atoms with Gasteiger partial charge in [-0.25, -0.2) is 4.98 Å². The van der Waals surface area contributed by atoms with Crippen LogP contribution in [0.4, 0.5) is 0 Å². The molecule has 0 spiro atoms. The van der Waals surface area contributed by atoms with Crippen molar-refractivity contribution in [3.05, 3.63) is 48.0 Å². The van der Waals surface area contributed by atoms with Crippen LogP contribution in [0.15, 0.2) is 36.7 Å². The number of rotatable bonds is 6. The zero-order valence-electron chi connectivity index (χ0n) is 11.5. The second kappa shape index (κ2) is 6.71. The molecule has 0 N–H and O–H groups in total. The van der Waals surface area contributed by atoms with Crippen LogP contribution in [0.5, 0.6) is 0 Å². The van der Waals surface area contributed by atoms with E-state index in [9.17, 15) is 0 Å². The number of benzene rings is 1. The summed E-state index contributed by atoms with van der Waals surface area (Å²) in [7, 11) is 0. The molecular weight excluding hydrogens is 258 g/mol. The molecule has 0 radical (unpaired) electrons. The van der Waals surface area contributed by atoms with Crippen LogP contribution < -0.4 is 0 Å². The van der Waals surface area contributed by atoms with Crippen molar-refractivity contribution in [2.75, 3.05) is 0 Å². The molecule has 1 aromatic carbocycles. The van der Waals surface area contributed by atoms with Gasteiger partial charge in [0.25, 0.3) is 0 Å². The van der Waals surface area contributed by atoms with Gasteiger partial charge in [0.1, 0.15) is 12.2 Å². The van der Waals surface area contributed by atoms with E-state index in [0.717, 1.165) is 25.2 Å². The largest absolute Gasteiger partial charge is 0.250 e. The molecule has 2 aromatic rings. The van der Waals surface area contributed by atoms with Crippen molar-refractivity contribution >= 4 is 11.6 Å². The zero-order chi connectivity index (χ0) is 13.7. The van der Waals surface area contributed by atoms with Crippen molar-refractivity contribution in [3.8, 4) is 0 Å². The predicted molar refractivity (Wildman–Crippen MR) is 78.2 cm³/mol. The zero-order valence-corrected chi connectivity index (χ0v) is 12.2. The number of aromatic nitrogens is 3. The minimum Gasteiger partial charge on any atom is -0.250 e. The molecule has 4 heteroatoms. The Labute approximate surface area is 119 Å². The Morgan fingerprint density at radius 1 is 1.26 bits per heavy atom. The summed E-state index contributed by atoms with van der Waals surface area (Å²) in [5.74, 6) is 1.35. The molecule has 2 rings (SSSR count). The normalized spacial score (nSPS) is 14.3. The van der Waals surface area contributed by atoms with Crippen LogP contribution in [0.3, 0.4) is 0 Å². The van der Waals surface area contributed by atoms with Crippen molar-refractivity contribution in [1.82, 2.24) is 14.8 Å². The van der Waals surface area contributed by atoms with E-state index in [2.05, 4.69) is 36.1 Å². The first-order chi connectivity index (χ1) is 9.22. The van der Waals surface area contributed by atoms with E-state index in [1.807, 2.05) is 22.9 Å². The summed E-state index contributed by atoms with van der Waals surface area (Å²) in [6.45, 7) is 5.22. The third-order valence-electron chi connectivity index (χ3n) is 3.25. The molecule has 0 aliphatic rings. The summed E-state index contributed by atoms with van der Waals surface area (Å²) >= 11 is 6.55. The van der Waals surface area contributed by atoms with Crippen LogP contribution >= 0.6 is 11.6 Å². The standard InChI is InChI=1S/C15H20ClN3/c1-3-9-19-14(17-11-18-19)10-12(2)15(16)13-7-5-4-6-8-13/h4-8,11-12,15H,3,9-10H2,1-2H3. The van der Waals surface area contributed by atoms with E-state index in [1.165, 1.54) is 5.56 Å². The van der Waals surface area contributed by atoms with Crippen molar-refractivity contribution in [2.45, 2.75) is 38.6 Å². The van der Waals surface area contributed by atoms with Gasteiger partial charge in [-0.2, -0.15) is 5.10 Å². The lowest BCUT2D eigenvalue weighted by Gasteiger charge is -2.18. The van der Waals surface area contributed by atoms with Crippen LogP contribution in [0, 0.1) is 5.92 Å². The molecule has 2 atom stereocenters. The smallest absolute Gasteiger partial charge is 0.138 e. The van der Waals surface area contributed by atoms with Gasteiger partial charge in [0.05, 0.1) is 5.38 Å². The van der Waals surface area contributed by atoms with Gasteiger partial charge in [0.2, 0.25) is 0 Å². The van der Waals surface area contributed by atoms with E-state index in [1.54, 1.807) is 6.33 Å². The Morgan fingerprint density at radius 2 is 2.00 bits per heavy atom. The third-order valence-corrected chi connectivity index (χ3v) is 3.94. The topological polar surface area (TPSA) is 30.7 Å². The summed E-state index contributed by atoms with van der Waals surface area (Å²) in [4.78, 5) is 4.34. The Kier molecular flexibility index (Phi) is 4.97. The van der Waals surface area contributed by atoms with Gasteiger partial charge in [-0.3, -0.25) is 4.68 Å². The molecule has 2 unspecified atom stereocenters. The first kappa shape index (κ1) is 14.1. The average molecular weight is 278 g/mol. The monoisotopic (exact) mass is 277 g/mol. The van der Waals surface area contributed by atoms with Crippen LogP contribution in [0.1, 0.15) is 37.0 Å². The maximum Gasteiger partial charge on any atom is 0.138 e. The van der Waals surface area contributed by atoms with Crippen LogP contribution in [-0.4, -0.2) is 14.8 Å². The van der Waals surface area contributed by atoms with Gasteiger partial charge in [0, 0.05) is 13.0 Å². The molecule has 0 saturated carbocycles. The molecule has 0 aliphatic heterocycles. The maximum atomic E-state index is 6.55. The summed E-state index contributed by atoms with van der Waals surface area (Å²) in [6, 6.07) is 10.2. The van der Waals surface area contributed by atoms with Gasteiger partial charge in [-0.05, 0) is 17.9 Å². The molecule has 102 valence electrons. The summed E-state index contributed by atoms with van der Waals surface area (Å²) in [6.07, 6.45) is 3.54. The molecule has 0 amide bonds. The average Bonchev–Trinajstić information content (AvgIpc) is 2.86. The molecule has 0 bridgehead atoms. The maximum absolute atomic E-state index is 6.55. The fourth-order valence-electron chi connectivity index (χ4n) is 2.20. The van der Waals surface area contributed by atoms with Crippen molar-refractivity contribution in [2.24, 2.45) is 5.92 Å². The first-order valence-corrected chi connectivity index (χ1v) is 7.21. The molecule has 0 fully saturated rings. The van der Waals surface area contributed by atoms with Crippen molar-refractivity contribution in [1.29, 1.82) is 0 Å². The number of nitrogens with zero attached hydrogens (tertiary/aromatic N) is 3. The number of hydrogen-bond acceptors (Lipinski definition) is 2. The van der Waals surface area contributed by atoms with E-state index < -0.39 is 0 Å². The molecule has 1 aromatic heterocycles. The third kappa shape index (κ3) is 3.57. The Hall–Kier alpha value is -1.35. The summed E-state index contributed by atoms with van der Waals surface area (Å²) in [5.41, 5.74) is 1.17. The fraction of sp³-hybridized carbons (Fsp3) is 0.467. The second-order valence-electron chi connectivity index (χ2n) is 4.89. The lowest BCUT2D eigenvalue weighted by molar-refractivity contribution is 0.496. The minimum atomic E-state index is 0.00739. The summed E-state index contributed by atoms with van der Waals surface area (Å²) < 4.78 is 1.98. The second-order valence-corrected chi connectivity index (χ2v) is 5.36. The Bertz CT molecular complexity index is 495. The fourth-order valence-corrected chi connectivity index (χ4v) is 2.44. The molecular formula is C15H20ClN3. The predicted octanol–water partition coefficient (Wildman–Crippen LogP) is 3.85. The SMILES string of the molecule is CCCn1ncnc1CC(C)C(Cl)c1ccccc1. The molecule has 19 heavy (non-hydrogen) atoms. The van der Waals surface area contributed by atoms with Gasteiger partial charge in [0.15, 0.2) is 0 Å². The molecule has 3 nitrogen and oxygen atoms in total. The van der Waals surface area contributed by atoms with E-state index >= 15 is 0 Å². The highest BCUT2D eigenvalue weighted by Gasteiger charge is 2.19. The highest BCUT2D eigenvalue weighted by Crippen LogP contribution is 2.30. The van der Waals surface area contributed by atoms with Gasteiger partial charge in [-0.15, -0.1) is 11.6 Å². The number of hydrogen-bond donors (Lipinski definition) is 0. The Morgan fingerprint density at radius 3 is 2.68 bits per heavy atom. The molecule has 0 saturated heterocycles. The lowest BCUT2D eigenvalue weighted by atomic mass is 9.97. The number of alkyl halides is 1. The van der Waals surface area contributed by atoms with Crippen LogP contribution in [0.25, 0.3) is 0 Å². The van der Waals surface area contributed by atoms with Crippen molar-refractivity contribution < 1.29 is 0 Å². The lowest BCUT2D eigenvalue weighted by Crippen LogP contribution is -2.13. The Balaban J connectivity index is 2.04. The van der Waals surface area contributed by atoms with E-state index in [0.29, 0.717) is 5.92 Å². The van der Waals surface area contributed by atoms with Crippen molar-refractivity contribution in [3.63, 3.8) is 0 Å². The number of halogens is 1. The van der Waals surface area contributed by atoms with E-state index in [-0.39, 0.29) is 5.38 Å². The highest BCUT2D eigenvalue weighted by atomic mass is 35.5. The molecule has 0 aliphatic carbocycles. The van der Waals surface area contributed by atoms with Gasteiger partial charge < -0.3 is 0 Å². The molecule has 1 heterocycles. The highest BCUT2D eigenvalue weighted by molar-refractivity contribution is 6.21. The van der Waals surface area contributed by atoms with Crippen LogP contribution in [0.2, 0.25) is 0 Å². The first-order valence-electron chi connectivity index (χ1n) is 6.78. The van der Waals surface area contributed by atoms with E-state index in [4.69, 9.17) is 11.6 Å². The number of aryl methyl sites for hydroxylation is 1. The summed E-state index contributed by atoms with van der Waals surface area (Å²) in [5, 5.41) is 4.26. The minimum absolute atomic E-state index is 0.00739. The quantitative estimate of drug-likeness (QED) is 0.751.